The molecule has 0 heterocycles. The summed E-state index contributed by atoms with van der Waals surface area (Å²) in [5.41, 5.74) is 1.35. The maximum Gasteiger partial charge on any atom is 0.128 e. The molecule has 0 N–H and O–H groups in total. The summed E-state index contributed by atoms with van der Waals surface area (Å²) in [6.07, 6.45) is 5.86. The molecule has 20 heavy (non-hydrogen) atoms. The maximum atomic E-state index is 5.93. The third kappa shape index (κ3) is 4.90. The van der Waals surface area contributed by atoms with Crippen LogP contribution in [0.25, 0.3) is 0 Å². The smallest absolute Gasteiger partial charge is 0.128 e. The van der Waals surface area contributed by atoms with Gasteiger partial charge in [0.2, 0.25) is 0 Å². The fourth-order valence-corrected chi connectivity index (χ4v) is 2.25. The molecular weight excluding hydrogens is 268 g/mol. The van der Waals surface area contributed by atoms with Gasteiger partial charge in [-0.05, 0) is 48.7 Å². The lowest BCUT2D eigenvalue weighted by atomic mass is 10.1. The summed E-state index contributed by atoms with van der Waals surface area (Å²) in [5.74, 6) is 1.61. The Hall–Kier alpha value is -1.47. The molecular formula is C18H20ClO. The molecule has 1 radical (unpaired) electrons. The standard InChI is InChI=1S/C18H20ClO/c1-2-3-4-5-7-15-10-12-17(13-11-15)20-18-9-6-8-16(19)14-18/h6,8-14H,1-5,7H2. The molecule has 2 aromatic rings. The molecule has 0 saturated carbocycles. The summed E-state index contributed by atoms with van der Waals surface area (Å²) in [5, 5.41) is 0.685. The Labute approximate surface area is 126 Å². The van der Waals surface area contributed by atoms with E-state index in [1.807, 2.05) is 36.4 Å². The highest BCUT2D eigenvalue weighted by Crippen LogP contribution is 2.24. The average molecular weight is 288 g/mol. The number of unbranched alkanes of at least 4 members (excludes halogenated alkanes) is 3. The largest absolute Gasteiger partial charge is 0.457 e. The van der Waals surface area contributed by atoms with Gasteiger partial charge in [-0.2, -0.15) is 0 Å². The normalized spacial score (nSPS) is 10.5. The molecule has 0 amide bonds. The van der Waals surface area contributed by atoms with Crippen LogP contribution in [-0.4, -0.2) is 0 Å². The molecule has 2 aromatic carbocycles. The van der Waals surface area contributed by atoms with E-state index in [9.17, 15) is 0 Å². The number of hydrogen-bond acceptors (Lipinski definition) is 1. The number of benzene rings is 2. The second-order valence-corrected chi connectivity index (χ2v) is 5.30. The minimum atomic E-state index is 0.685. The quantitative estimate of drug-likeness (QED) is 0.562. The Morgan fingerprint density at radius 2 is 1.70 bits per heavy atom. The monoisotopic (exact) mass is 287 g/mol. The summed E-state index contributed by atoms with van der Waals surface area (Å²) < 4.78 is 5.76. The van der Waals surface area contributed by atoms with Crippen LogP contribution >= 0.6 is 11.6 Å². The molecule has 0 unspecified atom stereocenters. The zero-order valence-electron chi connectivity index (χ0n) is 11.6. The molecule has 0 aliphatic carbocycles. The van der Waals surface area contributed by atoms with Crippen molar-refractivity contribution in [3.63, 3.8) is 0 Å². The van der Waals surface area contributed by atoms with Gasteiger partial charge >= 0.3 is 0 Å². The van der Waals surface area contributed by atoms with E-state index in [1.54, 1.807) is 0 Å². The van der Waals surface area contributed by atoms with E-state index in [4.69, 9.17) is 16.3 Å². The van der Waals surface area contributed by atoms with Gasteiger partial charge in [-0.25, -0.2) is 0 Å². The molecule has 0 spiro atoms. The Kier molecular flexibility index (Phi) is 5.94. The van der Waals surface area contributed by atoms with Gasteiger partial charge in [0.25, 0.3) is 0 Å². The first kappa shape index (κ1) is 14.9. The van der Waals surface area contributed by atoms with Crippen LogP contribution < -0.4 is 4.74 Å². The van der Waals surface area contributed by atoms with Crippen molar-refractivity contribution in [1.82, 2.24) is 0 Å². The van der Waals surface area contributed by atoms with Crippen LogP contribution in [-0.2, 0) is 6.42 Å². The van der Waals surface area contributed by atoms with Crippen LogP contribution in [0.2, 0.25) is 5.02 Å². The van der Waals surface area contributed by atoms with E-state index in [1.165, 1.54) is 24.8 Å². The molecule has 2 heteroatoms. The highest BCUT2D eigenvalue weighted by Gasteiger charge is 1.99. The van der Waals surface area contributed by atoms with Crippen molar-refractivity contribution < 1.29 is 4.74 Å². The van der Waals surface area contributed by atoms with Gasteiger partial charge in [-0.3, -0.25) is 0 Å². The summed E-state index contributed by atoms with van der Waals surface area (Å²) >= 11 is 5.93. The summed E-state index contributed by atoms with van der Waals surface area (Å²) in [4.78, 5) is 0. The molecule has 0 atom stereocenters. The van der Waals surface area contributed by atoms with Crippen LogP contribution in [0.1, 0.15) is 31.2 Å². The van der Waals surface area contributed by atoms with Gasteiger partial charge in [0, 0.05) is 5.02 Å². The molecule has 0 aliphatic rings. The Morgan fingerprint density at radius 3 is 2.40 bits per heavy atom. The van der Waals surface area contributed by atoms with Gasteiger partial charge in [-0.1, -0.05) is 56.0 Å². The van der Waals surface area contributed by atoms with Gasteiger partial charge in [0.1, 0.15) is 11.5 Å². The zero-order chi connectivity index (χ0) is 14.2. The van der Waals surface area contributed by atoms with Crippen molar-refractivity contribution in [2.24, 2.45) is 0 Å². The second-order valence-electron chi connectivity index (χ2n) is 4.87. The fraction of sp³-hybridized carbons (Fsp3) is 0.278. The van der Waals surface area contributed by atoms with E-state index >= 15 is 0 Å². The van der Waals surface area contributed by atoms with E-state index in [0.29, 0.717) is 5.02 Å². The van der Waals surface area contributed by atoms with Crippen molar-refractivity contribution >= 4 is 11.6 Å². The van der Waals surface area contributed by atoms with Crippen molar-refractivity contribution in [3.8, 4) is 11.5 Å². The second kappa shape index (κ2) is 7.96. The highest BCUT2D eigenvalue weighted by atomic mass is 35.5. The van der Waals surface area contributed by atoms with Gasteiger partial charge in [0.05, 0.1) is 0 Å². The molecule has 2 rings (SSSR count). The van der Waals surface area contributed by atoms with E-state index in [0.717, 1.165) is 24.3 Å². The maximum absolute atomic E-state index is 5.93. The fourth-order valence-electron chi connectivity index (χ4n) is 2.07. The molecule has 0 aromatic heterocycles. The van der Waals surface area contributed by atoms with Crippen LogP contribution in [0.3, 0.4) is 0 Å². The van der Waals surface area contributed by atoms with Crippen molar-refractivity contribution in [2.75, 3.05) is 0 Å². The van der Waals surface area contributed by atoms with E-state index in [-0.39, 0.29) is 0 Å². The lowest BCUT2D eigenvalue weighted by Crippen LogP contribution is -1.88. The number of rotatable bonds is 7. The molecule has 0 saturated heterocycles. The molecule has 0 bridgehead atoms. The minimum absolute atomic E-state index is 0.685. The SMILES string of the molecule is [CH2]CCCCCc1ccc(Oc2cccc(Cl)c2)cc1. The predicted molar refractivity (Wildman–Crippen MR) is 85.5 cm³/mol. The molecule has 0 aliphatic heterocycles. The first-order valence-corrected chi connectivity index (χ1v) is 7.47. The van der Waals surface area contributed by atoms with Crippen molar-refractivity contribution in [1.29, 1.82) is 0 Å². The van der Waals surface area contributed by atoms with E-state index < -0.39 is 0 Å². The zero-order valence-corrected chi connectivity index (χ0v) is 12.4. The average Bonchev–Trinajstić information content (AvgIpc) is 2.45. The van der Waals surface area contributed by atoms with Crippen LogP contribution in [0.5, 0.6) is 11.5 Å². The Balaban J connectivity index is 1.88. The van der Waals surface area contributed by atoms with Crippen molar-refractivity contribution in [3.05, 3.63) is 66.0 Å². The number of halogens is 1. The Morgan fingerprint density at radius 1 is 0.900 bits per heavy atom. The topological polar surface area (TPSA) is 9.23 Å². The molecule has 0 fully saturated rings. The van der Waals surface area contributed by atoms with Gasteiger partial charge in [0.15, 0.2) is 0 Å². The summed E-state index contributed by atoms with van der Waals surface area (Å²) in [6, 6.07) is 15.7. The minimum Gasteiger partial charge on any atom is -0.457 e. The number of aryl methyl sites for hydroxylation is 1. The van der Waals surface area contributed by atoms with Gasteiger partial charge < -0.3 is 4.74 Å². The Bertz CT molecular complexity index is 519. The lowest BCUT2D eigenvalue weighted by molar-refractivity contribution is 0.482. The van der Waals surface area contributed by atoms with Crippen LogP contribution in [0.15, 0.2) is 48.5 Å². The predicted octanol–water partition coefficient (Wildman–Crippen LogP) is 6.07. The number of ether oxygens (including phenoxy) is 1. The first-order chi connectivity index (χ1) is 9.78. The third-order valence-corrected chi connectivity index (χ3v) is 3.41. The van der Waals surface area contributed by atoms with Crippen LogP contribution in [0, 0.1) is 6.92 Å². The third-order valence-electron chi connectivity index (χ3n) is 3.17. The molecule has 105 valence electrons. The first-order valence-electron chi connectivity index (χ1n) is 7.09. The lowest BCUT2D eigenvalue weighted by Gasteiger charge is -2.07. The number of hydrogen-bond donors (Lipinski definition) is 0. The van der Waals surface area contributed by atoms with Crippen LogP contribution in [0.4, 0.5) is 0 Å². The highest BCUT2D eigenvalue weighted by molar-refractivity contribution is 6.30. The van der Waals surface area contributed by atoms with E-state index in [2.05, 4.69) is 19.1 Å². The van der Waals surface area contributed by atoms with Gasteiger partial charge in [-0.15, -0.1) is 0 Å². The summed E-state index contributed by atoms with van der Waals surface area (Å²) in [6.45, 7) is 3.86. The summed E-state index contributed by atoms with van der Waals surface area (Å²) in [7, 11) is 0. The van der Waals surface area contributed by atoms with Crippen molar-refractivity contribution in [2.45, 2.75) is 32.1 Å². The molecule has 1 nitrogen and oxygen atoms in total.